The Labute approximate surface area is 96.6 Å². The molecule has 1 fully saturated rings. The summed E-state index contributed by atoms with van der Waals surface area (Å²) in [5.74, 6) is -0.173. The maximum atomic E-state index is 11.8. The van der Waals surface area contributed by atoms with Gasteiger partial charge in [-0.1, -0.05) is 6.92 Å². The topological polar surface area (TPSA) is 70.6 Å². The molecule has 1 rings (SSSR count). The number of nitrogens with one attached hydrogen (secondary N) is 2. The van der Waals surface area contributed by atoms with Gasteiger partial charge in [0, 0.05) is 12.1 Å². The summed E-state index contributed by atoms with van der Waals surface area (Å²) in [5, 5.41) is 14.9. The van der Waals surface area contributed by atoms with Crippen LogP contribution in [0, 0.1) is 5.92 Å². The van der Waals surface area contributed by atoms with E-state index in [0.29, 0.717) is 13.2 Å². The van der Waals surface area contributed by atoms with Crippen LogP contribution in [0.5, 0.6) is 0 Å². The molecule has 94 valence electrons. The van der Waals surface area contributed by atoms with Gasteiger partial charge in [0.2, 0.25) is 5.91 Å². The molecule has 3 unspecified atom stereocenters. The Kier molecular flexibility index (Phi) is 5.73. The van der Waals surface area contributed by atoms with E-state index in [0.717, 1.165) is 13.0 Å². The van der Waals surface area contributed by atoms with Gasteiger partial charge >= 0.3 is 0 Å². The van der Waals surface area contributed by atoms with E-state index in [4.69, 9.17) is 9.84 Å². The highest BCUT2D eigenvalue weighted by molar-refractivity contribution is 5.80. The zero-order chi connectivity index (χ0) is 12.0. The second kappa shape index (κ2) is 6.83. The van der Waals surface area contributed by atoms with E-state index < -0.39 is 0 Å². The lowest BCUT2D eigenvalue weighted by atomic mass is 10.0. The second-order valence-corrected chi connectivity index (χ2v) is 4.30. The number of ether oxygens (including phenoxy) is 1. The molecule has 0 aliphatic carbocycles. The average molecular weight is 230 g/mol. The van der Waals surface area contributed by atoms with Gasteiger partial charge in [-0.2, -0.15) is 0 Å². The molecule has 0 aromatic carbocycles. The van der Waals surface area contributed by atoms with Crippen molar-refractivity contribution in [3.63, 3.8) is 0 Å². The van der Waals surface area contributed by atoms with Crippen LogP contribution in [0.2, 0.25) is 0 Å². The first-order chi connectivity index (χ1) is 7.69. The van der Waals surface area contributed by atoms with Crippen LogP contribution in [0.3, 0.4) is 0 Å². The van der Waals surface area contributed by atoms with Crippen molar-refractivity contribution in [2.45, 2.75) is 32.4 Å². The molecule has 0 spiro atoms. The first-order valence-corrected chi connectivity index (χ1v) is 5.91. The molecular formula is C11H22N2O3. The van der Waals surface area contributed by atoms with Crippen LogP contribution >= 0.6 is 0 Å². The minimum atomic E-state index is -0.195. The number of carbonyl (C=O) groups is 1. The van der Waals surface area contributed by atoms with Gasteiger partial charge in [-0.05, 0) is 19.9 Å². The second-order valence-electron chi connectivity index (χ2n) is 4.30. The van der Waals surface area contributed by atoms with Gasteiger partial charge in [0.05, 0.1) is 25.7 Å². The maximum Gasteiger partial charge on any atom is 0.227 e. The highest BCUT2D eigenvalue weighted by Gasteiger charge is 2.33. The molecule has 3 N–H and O–H groups in total. The van der Waals surface area contributed by atoms with Crippen molar-refractivity contribution < 1.29 is 14.6 Å². The van der Waals surface area contributed by atoms with Crippen molar-refractivity contribution in [3.8, 4) is 0 Å². The standard InChI is InChI=1S/C11H22N2O3/c1-3-4-12-10-7-16-6-9(10)11(15)13-8(2)5-14/h8-10,12,14H,3-7H2,1-2H3,(H,13,15). The van der Waals surface area contributed by atoms with Crippen molar-refractivity contribution >= 4 is 5.91 Å². The van der Waals surface area contributed by atoms with E-state index in [2.05, 4.69) is 17.6 Å². The highest BCUT2D eigenvalue weighted by Crippen LogP contribution is 2.14. The van der Waals surface area contributed by atoms with E-state index >= 15 is 0 Å². The third-order valence-corrected chi connectivity index (χ3v) is 2.74. The molecule has 0 aromatic heterocycles. The van der Waals surface area contributed by atoms with E-state index in [9.17, 15) is 4.79 Å². The average Bonchev–Trinajstić information content (AvgIpc) is 2.74. The first-order valence-electron chi connectivity index (χ1n) is 5.91. The number of carbonyl (C=O) groups excluding carboxylic acids is 1. The fraction of sp³-hybridized carbons (Fsp3) is 0.909. The fourth-order valence-electron chi connectivity index (χ4n) is 1.74. The molecule has 0 saturated carbocycles. The minimum absolute atomic E-state index is 0.0346. The molecule has 1 aliphatic heterocycles. The molecule has 1 aliphatic rings. The number of hydrogen-bond acceptors (Lipinski definition) is 4. The highest BCUT2D eigenvalue weighted by atomic mass is 16.5. The Morgan fingerprint density at radius 3 is 2.94 bits per heavy atom. The zero-order valence-corrected chi connectivity index (χ0v) is 10.0. The van der Waals surface area contributed by atoms with Crippen LogP contribution in [0.25, 0.3) is 0 Å². The molecule has 3 atom stereocenters. The van der Waals surface area contributed by atoms with Gasteiger partial charge in [-0.25, -0.2) is 0 Å². The Morgan fingerprint density at radius 2 is 2.31 bits per heavy atom. The molecule has 0 aromatic rings. The van der Waals surface area contributed by atoms with Crippen LogP contribution in [-0.4, -0.2) is 49.5 Å². The van der Waals surface area contributed by atoms with Gasteiger partial charge < -0.3 is 20.5 Å². The van der Waals surface area contributed by atoms with E-state index in [1.807, 2.05) is 0 Å². The minimum Gasteiger partial charge on any atom is -0.394 e. The van der Waals surface area contributed by atoms with Crippen molar-refractivity contribution in [2.24, 2.45) is 5.92 Å². The lowest BCUT2D eigenvalue weighted by molar-refractivity contribution is -0.126. The normalized spacial score (nSPS) is 26.7. The van der Waals surface area contributed by atoms with Crippen LogP contribution < -0.4 is 10.6 Å². The first kappa shape index (κ1) is 13.4. The third-order valence-electron chi connectivity index (χ3n) is 2.74. The summed E-state index contributed by atoms with van der Waals surface area (Å²) >= 11 is 0. The molecular weight excluding hydrogens is 208 g/mol. The fourth-order valence-corrected chi connectivity index (χ4v) is 1.74. The van der Waals surface area contributed by atoms with Crippen LogP contribution in [0.4, 0.5) is 0 Å². The summed E-state index contributed by atoms with van der Waals surface area (Å²) < 4.78 is 5.32. The van der Waals surface area contributed by atoms with Crippen molar-refractivity contribution in [1.82, 2.24) is 10.6 Å². The summed E-state index contributed by atoms with van der Waals surface area (Å²) in [6, 6.07) is -0.0919. The lowest BCUT2D eigenvalue weighted by Crippen LogP contribution is -2.47. The zero-order valence-electron chi connectivity index (χ0n) is 10.0. The predicted octanol–water partition coefficient (Wildman–Crippen LogP) is -0.502. The van der Waals surface area contributed by atoms with E-state index in [-0.39, 0.29) is 30.5 Å². The number of aliphatic hydroxyl groups is 1. The molecule has 1 heterocycles. The molecule has 1 amide bonds. The van der Waals surface area contributed by atoms with Crippen molar-refractivity contribution in [3.05, 3.63) is 0 Å². The summed E-state index contributed by atoms with van der Waals surface area (Å²) in [4.78, 5) is 11.8. The van der Waals surface area contributed by atoms with Gasteiger partial charge in [0.15, 0.2) is 0 Å². The van der Waals surface area contributed by atoms with Gasteiger partial charge in [0.1, 0.15) is 0 Å². The third kappa shape index (κ3) is 3.73. The van der Waals surface area contributed by atoms with Gasteiger partial charge in [-0.3, -0.25) is 4.79 Å². The Bertz CT molecular complexity index is 223. The van der Waals surface area contributed by atoms with Crippen LogP contribution in [0.15, 0.2) is 0 Å². The number of hydrogen-bond donors (Lipinski definition) is 3. The van der Waals surface area contributed by atoms with Crippen molar-refractivity contribution in [2.75, 3.05) is 26.4 Å². The number of rotatable bonds is 6. The SMILES string of the molecule is CCCNC1COCC1C(=O)NC(C)CO. The lowest BCUT2D eigenvalue weighted by Gasteiger charge is -2.20. The summed E-state index contributed by atoms with van der Waals surface area (Å²) in [6.07, 6.45) is 1.04. The van der Waals surface area contributed by atoms with Crippen molar-refractivity contribution in [1.29, 1.82) is 0 Å². The summed E-state index contributed by atoms with van der Waals surface area (Å²) in [6.45, 7) is 5.78. The monoisotopic (exact) mass is 230 g/mol. The molecule has 5 nitrogen and oxygen atoms in total. The number of aliphatic hydroxyl groups excluding tert-OH is 1. The number of amides is 1. The largest absolute Gasteiger partial charge is 0.394 e. The maximum absolute atomic E-state index is 11.8. The predicted molar refractivity (Wildman–Crippen MR) is 61.1 cm³/mol. The Morgan fingerprint density at radius 1 is 1.56 bits per heavy atom. The van der Waals surface area contributed by atoms with Crippen LogP contribution in [0.1, 0.15) is 20.3 Å². The van der Waals surface area contributed by atoms with Gasteiger partial charge in [-0.15, -0.1) is 0 Å². The molecule has 0 bridgehead atoms. The molecule has 5 heteroatoms. The van der Waals surface area contributed by atoms with Gasteiger partial charge in [0.25, 0.3) is 0 Å². The molecule has 16 heavy (non-hydrogen) atoms. The van der Waals surface area contributed by atoms with E-state index in [1.165, 1.54) is 0 Å². The molecule has 1 saturated heterocycles. The van der Waals surface area contributed by atoms with E-state index in [1.54, 1.807) is 6.92 Å². The summed E-state index contributed by atoms with van der Waals surface area (Å²) in [5.41, 5.74) is 0. The Hall–Kier alpha value is -0.650. The smallest absolute Gasteiger partial charge is 0.227 e. The Balaban J connectivity index is 2.41. The molecule has 0 radical (unpaired) electrons. The van der Waals surface area contributed by atoms with Crippen LogP contribution in [-0.2, 0) is 9.53 Å². The quantitative estimate of drug-likeness (QED) is 0.575. The summed E-state index contributed by atoms with van der Waals surface area (Å²) in [7, 11) is 0.